The predicted octanol–water partition coefficient (Wildman–Crippen LogP) is 4.44. The molecule has 2 N–H and O–H groups in total. The Morgan fingerprint density at radius 2 is 1.88 bits per heavy atom. The summed E-state index contributed by atoms with van der Waals surface area (Å²) in [4.78, 5) is 27.3. The number of rotatable bonds is 8. The van der Waals surface area contributed by atoms with Gasteiger partial charge in [0.15, 0.2) is 5.82 Å². The van der Waals surface area contributed by atoms with E-state index in [0.29, 0.717) is 30.3 Å². The fourth-order valence-corrected chi connectivity index (χ4v) is 6.50. The number of aliphatic hydroxyl groups excluding tert-OH is 1. The number of imidazole rings is 1. The number of hydrogen-bond acceptors (Lipinski definition) is 7. The van der Waals surface area contributed by atoms with Crippen LogP contribution in [-0.2, 0) is 7.05 Å². The van der Waals surface area contributed by atoms with Crippen LogP contribution in [0.5, 0.6) is 0 Å². The summed E-state index contributed by atoms with van der Waals surface area (Å²) >= 11 is 0. The van der Waals surface area contributed by atoms with E-state index in [0.717, 1.165) is 62.9 Å². The molecule has 1 saturated heterocycles. The van der Waals surface area contributed by atoms with Crippen LogP contribution in [0.15, 0.2) is 42.9 Å². The van der Waals surface area contributed by atoms with Crippen molar-refractivity contribution in [3.05, 3.63) is 59.8 Å². The molecule has 6 rings (SSSR count). The van der Waals surface area contributed by atoms with Gasteiger partial charge in [0.2, 0.25) is 5.95 Å². The van der Waals surface area contributed by atoms with Crippen molar-refractivity contribution in [3.8, 4) is 11.3 Å². The number of carbonyl (C=O) groups is 1. The van der Waals surface area contributed by atoms with Crippen LogP contribution in [-0.4, -0.2) is 91.5 Å². The van der Waals surface area contributed by atoms with Gasteiger partial charge >= 0.3 is 0 Å². The van der Waals surface area contributed by atoms with Crippen molar-refractivity contribution in [2.45, 2.75) is 56.6 Å². The third-order valence-electron chi connectivity index (χ3n) is 9.00. The van der Waals surface area contributed by atoms with Crippen LogP contribution in [0, 0.1) is 5.82 Å². The van der Waals surface area contributed by atoms with Gasteiger partial charge in [-0.3, -0.25) is 19.8 Å². The molecule has 4 aromatic rings. The Kier molecular flexibility index (Phi) is 8.56. The molecule has 43 heavy (non-hydrogen) atoms. The summed E-state index contributed by atoms with van der Waals surface area (Å²) < 4.78 is 19.2. The second-order valence-electron chi connectivity index (χ2n) is 12.3. The minimum absolute atomic E-state index is 0.0695. The fraction of sp³-hybridized carbons (Fsp3) is 0.500. The van der Waals surface area contributed by atoms with Crippen molar-refractivity contribution in [1.82, 2.24) is 34.1 Å². The molecule has 10 nitrogen and oxygen atoms in total. The van der Waals surface area contributed by atoms with Gasteiger partial charge in [0.05, 0.1) is 28.9 Å². The predicted molar refractivity (Wildman–Crippen MR) is 165 cm³/mol. The Bertz CT molecular complexity index is 1580. The number of halogens is 1. The van der Waals surface area contributed by atoms with Gasteiger partial charge in [-0.05, 0) is 95.4 Å². The summed E-state index contributed by atoms with van der Waals surface area (Å²) in [5.41, 5.74) is 3.52. The molecule has 2 aliphatic rings. The number of pyridine rings is 1. The Morgan fingerprint density at radius 1 is 1.12 bits per heavy atom. The lowest BCUT2D eigenvalue weighted by Gasteiger charge is -2.33. The van der Waals surface area contributed by atoms with Gasteiger partial charge in [0.1, 0.15) is 5.69 Å². The monoisotopic (exact) mass is 588 g/mol. The van der Waals surface area contributed by atoms with Crippen molar-refractivity contribution in [3.63, 3.8) is 0 Å². The number of likely N-dealkylation sites (tertiary alicyclic amines) is 1. The van der Waals surface area contributed by atoms with Gasteiger partial charge in [-0.2, -0.15) is 5.10 Å². The molecule has 11 heteroatoms. The number of benzene rings is 1. The van der Waals surface area contributed by atoms with Crippen LogP contribution in [0.2, 0.25) is 0 Å². The molecule has 1 aliphatic carbocycles. The molecule has 1 aliphatic heterocycles. The second kappa shape index (κ2) is 12.5. The summed E-state index contributed by atoms with van der Waals surface area (Å²) in [5.74, 6) is -0.416. The summed E-state index contributed by atoms with van der Waals surface area (Å²) in [6.07, 6.45) is 9.45. The topological polar surface area (TPSA) is 104 Å². The zero-order valence-electron chi connectivity index (χ0n) is 25.2. The largest absolute Gasteiger partial charge is 0.393 e. The number of hydrogen-bond donors (Lipinski definition) is 2. The molecule has 0 atom stereocenters. The van der Waals surface area contributed by atoms with Crippen molar-refractivity contribution in [2.24, 2.45) is 7.05 Å². The van der Waals surface area contributed by atoms with Crippen molar-refractivity contribution in [2.75, 3.05) is 45.6 Å². The Labute approximate surface area is 251 Å². The summed E-state index contributed by atoms with van der Waals surface area (Å²) in [5, 5.41) is 17.2. The van der Waals surface area contributed by atoms with Crippen molar-refractivity contribution < 1.29 is 14.3 Å². The van der Waals surface area contributed by atoms with Gasteiger partial charge in [-0.15, -0.1) is 0 Å². The Balaban J connectivity index is 1.29. The van der Waals surface area contributed by atoms with Gasteiger partial charge in [-0.25, -0.2) is 9.37 Å². The smallest absolute Gasteiger partial charge is 0.261 e. The van der Waals surface area contributed by atoms with Crippen LogP contribution in [0.3, 0.4) is 0 Å². The maximum Gasteiger partial charge on any atom is 0.261 e. The van der Waals surface area contributed by atoms with Gasteiger partial charge < -0.3 is 19.5 Å². The number of nitrogens with zero attached hydrogens (tertiary/aromatic N) is 7. The van der Waals surface area contributed by atoms with Gasteiger partial charge in [0.25, 0.3) is 5.91 Å². The van der Waals surface area contributed by atoms with Crippen LogP contribution in [0.1, 0.15) is 66.4 Å². The molecule has 0 unspecified atom stereocenters. The number of carbonyl (C=O) groups excluding carboxylic acids is 1. The lowest BCUT2D eigenvalue weighted by Crippen LogP contribution is -2.37. The van der Waals surface area contributed by atoms with E-state index in [2.05, 4.69) is 56.0 Å². The number of aliphatic hydroxyl groups is 1. The van der Waals surface area contributed by atoms with E-state index in [9.17, 15) is 9.90 Å². The number of aryl methyl sites for hydroxylation is 1. The van der Waals surface area contributed by atoms with E-state index in [1.165, 1.54) is 24.0 Å². The first kappa shape index (κ1) is 29.4. The molecule has 4 heterocycles. The maximum absolute atomic E-state index is 15.6. The van der Waals surface area contributed by atoms with E-state index in [-0.39, 0.29) is 23.4 Å². The lowest BCUT2D eigenvalue weighted by molar-refractivity contribution is 0.101. The molecule has 0 radical (unpaired) electrons. The van der Waals surface area contributed by atoms with Crippen LogP contribution in [0.25, 0.3) is 22.3 Å². The average Bonchev–Trinajstić information content (AvgIpc) is 3.59. The van der Waals surface area contributed by atoms with E-state index in [1.807, 2.05) is 6.07 Å². The standard InChI is InChI=1S/C32H41FN8O2/c1-38(2)16-17-40-14-11-21(12-15-40)22-4-9-27-28(18-22)41(24-5-7-25(42)8-6-24)32(36-27)37-31(43)26-10-13-34-30(29(26)33)23-19-35-39(3)20-23/h4,9-10,13,18-21,24-25,42H,5-8,11-12,14-17H2,1-3H3,(H,36,37,43)/t24-,25+. The van der Waals surface area contributed by atoms with E-state index in [4.69, 9.17) is 4.98 Å². The maximum atomic E-state index is 15.6. The molecular weight excluding hydrogens is 547 g/mol. The number of likely N-dealkylation sites (N-methyl/N-ethyl adjacent to an activating group) is 1. The number of fused-ring (bicyclic) bond motifs is 1. The molecular formula is C32H41FN8O2. The third kappa shape index (κ3) is 6.34. The number of piperidine rings is 1. The van der Waals surface area contributed by atoms with Crippen LogP contribution < -0.4 is 5.32 Å². The minimum Gasteiger partial charge on any atom is -0.393 e. The van der Waals surface area contributed by atoms with Gasteiger partial charge in [-0.1, -0.05) is 6.07 Å². The molecule has 0 spiro atoms. The Morgan fingerprint density at radius 3 is 2.58 bits per heavy atom. The first-order chi connectivity index (χ1) is 20.8. The number of amides is 1. The highest BCUT2D eigenvalue weighted by Gasteiger charge is 2.28. The lowest BCUT2D eigenvalue weighted by atomic mass is 9.89. The molecule has 0 bridgehead atoms. The van der Waals surface area contributed by atoms with E-state index >= 15 is 4.39 Å². The Hall–Kier alpha value is -3.67. The van der Waals surface area contributed by atoms with E-state index in [1.54, 1.807) is 17.9 Å². The number of nitrogens with one attached hydrogen (secondary N) is 1. The molecule has 1 saturated carbocycles. The quantitative estimate of drug-likeness (QED) is 0.314. The fourth-order valence-electron chi connectivity index (χ4n) is 6.50. The zero-order valence-corrected chi connectivity index (χ0v) is 25.2. The van der Waals surface area contributed by atoms with Crippen molar-refractivity contribution in [1.29, 1.82) is 0 Å². The van der Waals surface area contributed by atoms with Crippen molar-refractivity contribution >= 4 is 22.9 Å². The molecule has 3 aromatic heterocycles. The third-order valence-corrected chi connectivity index (χ3v) is 9.00. The molecule has 1 amide bonds. The average molecular weight is 589 g/mol. The first-order valence-corrected chi connectivity index (χ1v) is 15.3. The summed E-state index contributed by atoms with van der Waals surface area (Å²) in [7, 11) is 5.97. The molecule has 2 fully saturated rings. The molecule has 228 valence electrons. The van der Waals surface area contributed by atoms with Crippen LogP contribution in [0.4, 0.5) is 10.3 Å². The highest BCUT2D eigenvalue weighted by molar-refractivity contribution is 6.05. The SMILES string of the molecule is CN(C)CCN1CCC(c2ccc3nc(NC(=O)c4ccnc(-c5cnn(C)c5)c4F)n([C@H]4CC[C@@H](O)CC4)c3c2)CC1. The van der Waals surface area contributed by atoms with Gasteiger partial charge in [0, 0.05) is 44.1 Å². The summed E-state index contributed by atoms with van der Waals surface area (Å²) in [6, 6.07) is 7.90. The van der Waals surface area contributed by atoms with Crippen LogP contribution >= 0.6 is 0 Å². The number of aromatic nitrogens is 5. The zero-order chi connectivity index (χ0) is 30.1. The second-order valence-corrected chi connectivity index (χ2v) is 12.3. The summed E-state index contributed by atoms with van der Waals surface area (Å²) in [6.45, 7) is 4.31. The minimum atomic E-state index is -0.698. The first-order valence-electron chi connectivity index (χ1n) is 15.3. The van der Waals surface area contributed by atoms with E-state index < -0.39 is 11.7 Å². The highest BCUT2D eigenvalue weighted by Crippen LogP contribution is 2.37. The molecule has 1 aromatic carbocycles. The normalized spacial score (nSPS) is 20.2. The highest BCUT2D eigenvalue weighted by atomic mass is 19.1. The number of anilines is 1.